The number of ether oxygens (including phenoxy) is 1. The van der Waals surface area contributed by atoms with Crippen molar-refractivity contribution in [3.63, 3.8) is 0 Å². The highest BCUT2D eigenvalue weighted by atomic mass is 16.5. The van der Waals surface area contributed by atoms with Gasteiger partial charge in [0, 0.05) is 51.0 Å². The van der Waals surface area contributed by atoms with Gasteiger partial charge >= 0.3 is 6.03 Å². The number of amides is 2. The Hall–Kier alpha value is -3.03. The second-order valence-electron chi connectivity index (χ2n) is 7.87. The van der Waals surface area contributed by atoms with Crippen LogP contribution in [0.3, 0.4) is 0 Å². The Morgan fingerprint density at radius 3 is 2.23 bits per heavy atom. The van der Waals surface area contributed by atoms with Gasteiger partial charge in [-0.25, -0.2) is 14.8 Å². The van der Waals surface area contributed by atoms with Crippen LogP contribution in [-0.4, -0.2) is 67.3 Å². The van der Waals surface area contributed by atoms with Crippen LogP contribution >= 0.6 is 0 Å². The molecule has 0 atom stereocenters. The Kier molecular flexibility index (Phi) is 6.21. The van der Waals surface area contributed by atoms with Crippen molar-refractivity contribution < 1.29 is 9.53 Å². The van der Waals surface area contributed by atoms with Gasteiger partial charge in [-0.15, -0.1) is 0 Å². The molecule has 1 aromatic heterocycles. The van der Waals surface area contributed by atoms with Crippen molar-refractivity contribution in [1.82, 2.24) is 14.9 Å². The Balaban J connectivity index is 1.34. The molecule has 0 saturated carbocycles. The zero-order valence-corrected chi connectivity index (χ0v) is 17.8. The van der Waals surface area contributed by atoms with Crippen LogP contribution in [0.2, 0.25) is 0 Å². The molecule has 1 N–H and O–H groups in total. The third kappa shape index (κ3) is 4.58. The summed E-state index contributed by atoms with van der Waals surface area (Å²) in [5.41, 5.74) is 1.79. The molecule has 0 radical (unpaired) electrons. The number of hydrogen-bond acceptors (Lipinski definition) is 6. The van der Waals surface area contributed by atoms with E-state index in [0.717, 1.165) is 54.8 Å². The van der Waals surface area contributed by atoms with Gasteiger partial charge in [-0.2, -0.15) is 0 Å². The number of piperazine rings is 1. The fourth-order valence-corrected chi connectivity index (χ4v) is 4.04. The molecule has 2 saturated heterocycles. The summed E-state index contributed by atoms with van der Waals surface area (Å²) in [5, 5.41) is 3.02. The normalized spacial score (nSPS) is 17.1. The second-order valence-corrected chi connectivity index (χ2v) is 7.87. The molecule has 8 heteroatoms. The summed E-state index contributed by atoms with van der Waals surface area (Å²) in [4.78, 5) is 28.1. The van der Waals surface area contributed by atoms with Crippen molar-refractivity contribution in [3.8, 4) is 5.75 Å². The Bertz CT molecular complexity index is 876. The first-order valence-electron chi connectivity index (χ1n) is 10.7. The molecule has 3 heterocycles. The minimum absolute atomic E-state index is 0.0698. The summed E-state index contributed by atoms with van der Waals surface area (Å²) in [6.07, 6.45) is 5.40. The average Bonchev–Trinajstić information content (AvgIpc) is 2.81. The van der Waals surface area contributed by atoms with Gasteiger partial charge in [-0.1, -0.05) is 0 Å². The van der Waals surface area contributed by atoms with E-state index in [-0.39, 0.29) is 6.03 Å². The second kappa shape index (κ2) is 9.19. The maximum Gasteiger partial charge on any atom is 0.321 e. The van der Waals surface area contributed by atoms with E-state index in [2.05, 4.69) is 31.2 Å². The molecular weight excluding hydrogens is 380 g/mol. The predicted octanol–water partition coefficient (Wildman–Crippen LogP) is 3.14. The van der Waals surface area contributed by atoms with E-state index in [1.54, 1.807) is 13.4 Å². The highest BCUT2D eigenvalue weighted by Gasteiger charge is 2.23. The molecule has 160 valence electrons. The molecule has 2 fully saturated rings. The van der Waals surface area contributed by atoms with Crippen molar-refractivity contribution >= 4 is 23.4 Å². The highest BCUT2D eigenvalue weighted by molar-refractivity contribution is 5.90. The van der Waals surface area contributed by atoms with Gasteiger partial charge in [0.15, 0.2) is 0 Å². The van der Waals surface area contributed by atoms with Gasteiger partial charge in [-0.3, -0.25) is 0 Å². The van der Waals surface area contributed by atoms with Crippen LogP contribution in [0.25, 0.3) is 0 Å². The lowest BCUT2D eigenvalue weighted by Gasteiger charge is -2.36. The molecule has 2 amide bonds. The number of benzene rings is 1. The molecule has 0 aliphatic carbocycles. The lowest BCUT2D eigenvalue weighted by molar-refractivity contribution is 0.208. The summed E-state index contributed by atoms with van der Waals surface area (Å²) in [5.74, 6) is 2.74. The van der Waals surface area contributed by atoms with Gasteiger partial charge < -0.3 is 24.8 Å². The molecule has 0 unspecified atom stereocenters. The van der Waals surface area contributed by atoms with E-state index in [1.807, 2.05) is 30.0 Å². The van der Waals surface area contributed by atoms with Crippen LogP contribution in [0, 0.1) is 6.92 Å². The van der Waals surface area contributed by atoms with Gasteiger partial charge in [0.05, 0.1) is 7.11 Å². The number of anilines is 3. The maximum absolute atomic E-state index is 12.7. The van der Waals surface area contributed by atoms with Crippen LogP contribution in [0.1, 0.15) is 24.8 Å². The SMILES string of the molecule is COc1ccc(NC(=O)N2CCN(c3cc(N4CCCCC4)ncn3)CC2)c(C)c1. The first-order valence-corrected chi connectivity index (χ1v) is 10.7. The molecule has 2 aliphatic rings. The topological polar surface area (TPSA) is 73.8 Å². The quantitative estimate of drug-likeness (QED) is 0.835. The van der Waals surface area contributed by atoms with Gasteiger partial charge in [0.2, 0.25) is 0 Å². The lowest BCUT2D eigenvalue weighted by Crippen LogP contribution is -2.50. The van der Waals surface area contributed by atoms with Gasteiger partial charge in [0.25, 0.3) is 0 Å². The predicted molar refractivity (Wildman–Crippen MR) is 119 cm³/mol. The summed E-state index contributed by atoms with van der Waals surface area (Å²) < 4.78 is 5.23. The van der Waals surface area contributed by atoms with E-state index in [4.69, 9.17) is 4.74 Å². The molecule has 0 spiro atoms. The van der Waals surface area contributed by atoms with E-state index in [9.17, 15) is 4.79 Å². The van der Waals surface area contributed by atoms with Crippen molar-refractivity contribution in [1.29, 1.82) is 0 Å². The zero-order valence-electron chi connectivity index (χ0n) is 17.8. The number of nitrogens with zero attached hydrogens (tertiary/aromatic N) is 5. The molecule has 8 nitrogen and oxygen atoms in total. The number of aromatic nitrogens is 2. The minimum atomic E-state index is -0.0698. The number of rotatable bonds is 4. The molecule has 1 aromatic carbocycles. The van der Waals surface area contributed by atoms with Crippen molar-refractivity contribution in [2.75, 3.05) is 61.5 Å². The van der Waals surface area contributed by atoms with Gasteiger partial charge in [-0.05, 0) is 49.9 Å². The highest BCUT2D eigenvalue weighted by Crippen LogP contribution is 2.23. The summed E-state index contributed by atoms with van der Waals surface area (Å²) in [6, 6.07) is 7.67. The Morgan fingerprint density at radius 2 is 1.60 bits per heavy atom. The number of piperidine rings is 1. The lowest BCUT2D eigenvalue weighted by atomic mass is 10.1. The van der Waals surface area contributed by atoms with Crippen molar-refractivity contribution in [3.05, 3.63) is 36.2 Å². The van der Waals surface area contributed by atoms with Crippen LogP contribution in [0.4, 0.5) is 22.1 Å². The summed E-state index contributed by atoms with van der Waals surface area (Å²) in [7, 11) is 1.64. The summed E-state index contributed by atoms with van der Waals surface area (Å²) in [6.45, 7) is 6.92. The summed E-state index contributed by atoms with van der Waals surface area (Å²) >= 11 is 0. The number of carbonyl (C=O) groups excluding carboxylic acids is 1. The van der Waals surface area contributed by atoms with Gasteiger partial charge in [0.1, 0.15) is 23.7 Å². The molecule has 2 aliphatic heterocycles. The van der Waals surface area contributed by atoms with Crippen LogP contribution in [0.5, 0.6) is 5.75 Å². The monoisotopic (exact) mass is 410 g/mol. The largest absolute Gasteiger partial charge is 0.497 e. The first-order chi connectivity index (χ1) is 14.6. The third-order valence-corrected chi connectivity index (χ3v) is 5.88. The smallest absolute Gasteiger partial charge is 0.321 e. The van der Waals surface area contributed by atoms with E-state index < -0.39 is 0 Å². The Labute approximate surface area is 177 Å². The molecule has 0 bridgehead atoms. The average molecular weight is 411 g/mol. The molecular formula is C22H30N6O2. The van der Waals surface area contributed by atoms with E-state index >= 15 is 0 Å². The van der Waals surface area contributed by atoms with Crippen LogP contribution in [0.15, 0.2) is 30.6 Å². The molecule has 2 aromatic rings. The molecule has 30 heavy (non-hydrogen) atoms. The number of methoxy groups -OCH3 is 1. The van der Waals surface area contributed by atoms with Crippen molar-refractivity contribution in [2.45, 2.75) is 26.2 Å². The fraction of sp³-hybridized carbons (Fsp3) is 0.500. The first kappa shape index (κ1) is 20.3. The number of nitrogens with one attached hydrogen (secondary N) is 1. The number of hydrogen-bond donors (Lipinski definition) is 1. The minimum Gasteiger partial charge on any atom is -0.497 e. The Morgan fingerprint density at radius 1 is 0.933 bits per heavy atom. The van der Waals surface area contributed by atoms with E-state index in [0.29, 0.717) is 13.1 Å². The fourth-order valence-electron chi connectivity index (χ4n) is 4.04. The zero-order chi connectivity index (χ0) is 20.9. The number of aryl methyl sites for hydroxylation is 1. The number of carbonyl (C=O) groups is 1. The van der Waals surface area contributed by atoms with Crippen LogP contribution in [-0.2, 0) is 0 Å². The molecule has 4 rings (SSSR count). The third-order valence-electron chi connectivity index (χ3n) is 5.88. The maximum atomic E-state index is 12.7. The number of urea groups is 1. The van der Waals surface area contributed by atoms with Crippen molar-refractivity contribution in [2.24, 2.45) is 0 Å². The van der Waals surface area contributed by atoms with Crippen LogP contribution < -0.4 is 19.9 Å². The standard InChI is InChI=1S/C22H30N6O2/c1-17-14-18(30-2)6-7-19(17)25-22(29)28-12-10-27(11-13-28)21-15-20(23-16-24-21)26-8-4-3-5-9-26/h6-7,14-16H,3-5,8-13H2,1-2H3,(H,25,29). The van der Waals surface area contributed by atoms with E-state index in [1.165, 1.54) is 19.3 Å².